The Morgan fingerprint density at radius 2 is 2.04 bits per heavy atom. The van der Waals surface area contributed by atoms with E-state index in [1.165, 1.54) is 63.7 Å². The van der Waals surface area contributed by atoms with Crippen LogP contribution in [0.1, 0.15) is 37.7 Å². The van der Waals surface area contributed by atoms with Gasteiger partial charge in [-0.3, -0.25) is 0 Å². The highest BCUT2D eigenvalue weighted by Crippen LogP contribution is 2.43. The zero-order valence-corrected chi connectivity index (χ0v) is 14.8. The van der Waals surface area contributed by atoms with Crippen molar-refractivity contribution in [3.8, 4) is 0 Å². The molecule has 3 heterocycles. The van der Waals surface area contributed by atoms with E-state index >= 15 is 0 Å². The molecular weight excluding hydrogens is 298 g/mol. The van der Waals surface area contributed by atoms with Crippen molar-refractivity contribution < 1.29 is 9.47 Å². The lowest BCUT2D eigenvalue weighted by molar-refractivity contribution is -0.00217. The van der Waals surface area contributed by atoms with Crippen molar-refractivity contribution >= 4 is 0 Å². The first-order valence-electron chi connectivity index (χ1n) is 9.80. The van der Waals surface area contributed by atoms with Crippen LogP contribution in [0.3, 0.4) is 0 Å². The second-order valence-electron chi connectivity index (χ2n) is 8.06. The molecule has 3 aliphatic heterocycles. The molecule has 0 N–H and O–H groups in total. The van der Waals surface area contributed by atoms with E-state index in [2.05, 4.69) is 35.2 Å². The Morgan fingerprint density at radius 1 is 1.12 bits per heavy atom. The first kappa shape index (κ1) is 16.6. The zero-order valence-electron chi connectivity index (χ0n) is 14.8. The number of likely N-dealkylation sites (tertiary alicyclic amines) is 1. The highest BCUT2D eigenvalue weighted by molar-refractivity contribution is 5.15. The smallest absolute Gasteiger partial charge is 0.0645 e. The number of aryl methyl sites for hydroxylation is 1. The fourth-order valence-corrected chi connectivity index (χ4v) is 4.96. The van der Waals surface area contributed by atoms with Crippen molar-refractivity contribution in [2.75, 3.05) is 39.5 Å². The summed E-state index contributed by atoms with van der Waals surface area (Å²) in [7, 11) is 0. The summed E-state index contributed by atoms with van der Waals surface area (Å²) in [6.45, 7) is 6.58. The van der Waals surface area contributed by atoms with Crippen molar-refractivity contribution in [2.24, 2.45) is 11.3 Å². The van der Waals surface area contributed by atoms with Crippen LogP contribution in [0.5, 0.6) is 0 Å². The van der Waals surface area contributed by atoms with Crippen LogP contribution in [0.25, 0.3) is 0 Å². The number of ether oxygens (including phenoxy) is 2. The molecule has 3 heteroatoms. The Morgan fingerprint density at radius 3 is 2.79 bits per heavy atom. The molecule has 3 aliphatic rings. The average molecular weight is 329 g/mol. The van der Waals surface area contributed by atoms with E-state index in [-0.39, 0.29) is 0 Å². The molecule has 24 heavy (non-hydrogen) atoms. The van der Waals surface area contributed by atoms with Gasteiger partial charge in [-0.25, -0.2) is 0 Å². The SMILES string of the molecule is c1ccc(CCC2(C3CCCO3)CCN(CC3CCOC3)C2)cc1. The summed E-state index contributed by atoms with van der Waals surface area (Å²) in [5, 5.41) is 0. The zero-order chi connectivity index (χ0) is 16.2. The standard InChI is InChI=1S/C21H31NO2/c1-2-5-18(6-3-1)8-10-21(20-7-4-13-24-20)11-12-22(17-21)15-19-9-14-23-16-19/h1-3,5-6,19-20H,4,7-17H2. The maximum Gasteiger partial charge on any atom is 0.0645 e. The predicted molar refractivity (Wildman–Crippen MR) is 96.2 cm³/mol. The topological polar surface area (TPSA) is 21.7 Å². The molecule has 1 aromatic rings. The van der Waals surface area contributed by atoms with E-state index in [9.17, 15) is 0 Å². The average Bonchev–Trinajstić information content (AvgIpc) is 3.37. The molecule has 4 rings (SSSR count). The fourth-order valence-electron chi connectivity index (χ4n) is 4.96. The van der Waals surface area contributed by atoms with Gasteiger partial charge in [0.15, 0.2) is 0 Å². The fraction of sp³-hybridized carbons (Fsp3) is 0.714. The van der Waals surface area contributed by atoms with E-state index in [4.69, 9.17) is 9.47 Å². The van der Waals surface area contributed by atoms with Crippen LogP contribution < -0.4 is 0 Å². The summed E-state index contributed by atoms with van der Waals surface area (Å²) in [5.41, 5.74) is 1.84. The first-order chi connectivity index (χ1) is 11.8. The summed E-state index contributed by atoms with van der Waals surface area (Å²) in [4.78, 5) is 2.70. The van der Waals surface area contributed by atoms with Crippen LogP contribution in [-0.4, -0.2) is 50.5 Å². The quantitative estimate of drug-likeness (QED) is 0.797. The molecular formula is C21H31NO2. The first-order valence-corrected chi connectivity index (χ1v) is 9.80. The highest BCUT2D eigenvalue weighted by atomic mass is 16.5. The molecule has 3 atom stereocenters. The van der Waals surface area contributed by atoms with Crippen LogP contribution in [-0.2, 0) is 15.9 Å². The summed E-state index contributed by atoms with van der Waals surface area (Å²) >= 11 is 0. The van der Waals surface area contributed by atoms with Crippen molar-refractivity contribution in [3.63, 3.8) is 0 Å². The Bertz CT molecular complexity index is 508. The largest absolute Gasteiger partial charge is 0.381 e. The van der Waals surface area contributed by atoms with E-state index in [1.54, 1.807) is 0 Å². The Kier molecular flexibility index (Phi) is 5.21. The van der Waals surface area contributed by atoms with Gasteiger partial charge < -0.3 is 14.4 Å². The van der Waals surface area contributed by atoms with Gasteiger partial charge in [0.1, 0.15) is 0 Å². The van der Waals surface area contributed by atoms with Crippen molar-refractivity contribution in [2.45, 2.75) is 44.6 Å². The molecule has 0 aliphatic carbocycles. The van der Waals surface area contributed by atoms with Crippen molar-refractivity contribution in [1.29, 1.82) is 0 Å². The van der Waals surface area contributed by atoms with E-state index in [1.807, 2.05) is 0 Å². The van der Waals surface area contributed by atoms with Gasteiger partial charge in [-0.15, -0.1) is 0 Å². The molecule has 0 radical (unpaired) electrons. The molecule has 0 aromatic heterocycles. The van der Waals surface area contributed by atoms with Crippen molar-refractivity contribution in [3.05, 3.63) is 35.9 Å². The molecule has 0 saturated carbocycles. The van der Waals surface area contributed by atoms with Crippen molar-refractivity contribution in [1.82, 2.24) is 4.90 Å². The second kappa shape index (κ2) is 7.55. The van der Waals surface area contributed by atoms with Gasteiger partial charge in [-0.2, -0.15) is 0 Å². The summed E-state index contributed by atoms with van der Waals surface area (Å²) in [6, 6.07) is 11.0. The Hall–Kier alpha value is -0.900. The van der Waals surface area contributed by atoms with E-state index < -0.39 is 0 Å². The van der Waals surface area contributed by atoms with E-state index in [0.29, 0.717) is 11.5 Å². The molecule has 3 unspecified atom stereocenters. The molecule has 132 valence electrons. The van der Waals surface area contributed by atoms with Gasteiger partial charge in [0, 0.05) is 31.7 Å². The van der Waals surface area contributed by atoms with Gasteiger partial charge in [0.25, 0.3) is 0 Å². The van der Waals surface area contributed by atoms with Crippen LogP contribution in [0.2, 0.25) is 0 Å². The summed E-state index contributed by atoms with van der Waals surface area (Å²) in [5.74, 6) is 0.749. The molecule has 3 fully saturated rings. The van der Waals surface area contributed by atoms with Crippen LogP contribution in [0.15, 0.2) is 30.3 Å². The highest BCUT2D eigenvalue weighted by Gasteiger charge is 2.46. The lowest BCUT2D eigenvalue weighted by Gasteiger charge is -2.35. The number of nitrogens with zero attached hydrogens (tertiary/aromatic N) is 1. The number of hydrogen-bond donors (Lipinski definition) is 0. The van der Waals surface area contributed by atoms with Gasteiger partial charge in [0.05, 0.1) is 12.7 Å². The molecule has 0 spiro atoms. The normalized spacial score (nSPS) is 34.2. The monoisotopic (exact) mass is 329 g/mol. The number of hydrogen-bond acceptors (Lipinski definition) is 3. The van der Waals surface area contributed by atoms with Gasteiger partial charge in [-0.05, 0) is 56.6 Å². The van der Waals surface area contributed by atoms with Crippen LogP contribution in [0, 0.1) is 11.3 Å². The lowest BCUT2D eigenvalue weighted by atomic mass is 9.75. The minimum Gasteiger partial charge on any atom is -0.381 e. The van der Waals surface area contributed by atoms with Gasteiger partial charge in [-0.1, -0.05) is 30.3 Å². The maximum atomic E-state index is 6.20. The lowest BCUT2D eigenvalue weighted by Crippen LogP contribution is -2.39. The molecule has 0 amide bonds. The van der Waals surface area contributed by atoms with Crippen LogP contribution in [0.4, 0.5) is 0 Å². The second-order valence-corrected chi connectivity index (χ2v) is 8.06. The Labute approximate surface area is 146 Å². The van der Waals surface area contributed by atoms with Crippen LogP contribution >= 0.6 is 0 Å². The van der Waals surface area contributed by atoms with E-state index in [0.717, 1.165) is 25.7 Å². The maximum absolute atomic E-state index is 6.20. The minimum absolute atomic E-state index is 0.367. The third kappa shape index (κ3) is 3.68. The van der Waals surface area contributed by atoms with Gasteiger partial charge in [0.2, 0.25) is 0 Å². The third-order valence-electron chi connectivity index (χ3n) is 6.37. The van der Waals surface area contributed by atoms with Gasteiger partial charge >= 0.3 is 0 Å². The minimum atomic E-state index is 0.367. The Balaban J connectivity index is 1.41. The predicted octanol–water partition coefficient (Wildman–Crippen LogP) is 3.53. The summed E-state index contributed by atoms with van der Waals surface area (Å²) in [6.07, 6.45) is 7.97. The molecule has 3 saturated heterocycles. The number of rotatable bonds is 6. The molecule has 3 nitrogen and oxygen atoms in total. The number of benzene rings is 1. The molecule has 0 bridgehead atoms. The summed E-state index contributed by atoms with van der Waals surface area (Å²) < 4.78 is 11.8. The molecule has 1 aromatic carbocycles. The third-order valence-corrected chi connectivity index (χ3v) is 6.37.